The quantitative estimate of drug-likeness (QED) is 0.290. The predicted molar refractivity (Wildman–Crippen MR) is 134 cm³/mol. The summed E-state index contributed by atoms with van der Waals surface area (Å²) in [4.78, 5) is 17.9. The third-order valence-electron chi connectivity index (χ3n) is 5.51. The van der Waals surface area contributed by atoms with E-state index in [1.165, 1.54) is 29.2 Å². The number of hydrogen-bond acceptors (Lipinski definition) is 7. The van der Waals surface area contributed by atoms with Crippen molar-refractivity contribution in [3.63, 3.8) is 0 Å². The van der Waals surface area contributed by atoms with E-state index in [2.05, 4.69) is 25.9 Å². The van der Waals surface area contributed by atoms with Gasteiger partial charge in [-0.15, -0.1) is 0 Å². The highest BCUT2D eigenvalue weighted by Gasteiger charge is 2.21. The molecule has 0 aliphatic carbocycles. The Morgan fingerprint density at radius 2 is 1.92 bits per heavy atom. The number of carbonyl (C=O) groups is 1. The number of hydrogen-bond donors (Lipinski definition) is 2. The third kappa shape index (κ3) is 4.88. The van der Waals surface area contributed by atoms with Gasteiger partial charge in [-0.2, -0.15) is 10.4 Å². The minimum absolute atomic E-state index is 0.00335. The fourth-order valence-electron chi connectivity index (χ4n) is 3.83. The van der Waals surface area contributed by atoms with E-state index in [4.69, 9.17) is 16.7 Å². The predicted octanol–water partition coefficient (Wildman–Crippen LogP) is 4.97. The van der Waals surface area contributed by atoms with Gasteiger partial charge in [0.15, 0.2) is 15.6 Å². The van der Waals surface area contributed by atoms with Crippen LogP contribution in [0.2, 0.25) is 5.02 Å². The summed E-state index contributed by atoms with van der Waals surface area (Å²) >= 11 is 6.34. The number of aromatic amines is 1. The number of H-pyrrole nitrogens is 1. The molecule has 5 rings (SSSR count). The van der Waals surface area contributed by atoms with Crippen LogP contribution in [0.1, 0.15) is 11.1 Å². The summed E-state index contributed by atoms with van der Waals surface area (Å²) in [5, 5.41) is 22.1. The number of rotatable bonds is 6. The number of nitrogens with zero attached hydrogens (tertiary/aromatic N) is 4. The van der Waals surface area contributed by atoms with Crippen LogP contribution >= 0.6 is 11.6 Å². The number of carboxylic acid groups (broad SMARTS) is 1. The lowest BCUT2D eigenvalue weighted by Crippen LogP contribution is -2.06. The Kier molecular flexibility index (Phi) is 6.12. The van der Waals surface area contributed by atoms with Crippen molar-refractivity contribution in [1.29, 1.82) is 5.26 Å². The maximum absolute atomic E-state index is 13.2. The minimum Gasteiger partial charge on any atom is -0.449 e. The molecule has 5 aromatic rings. The summed E-state index contributed by atoms with van der Waals surface area (Å²) < 4.78 is 32.3. The second-order valence-electron chi connectivity index (χ2n) is 7.96. The van der Waals surface area contributed by atoms with Crippen LogP contribution in [0.4, 0.5) is 4.79 Å². The fraction of sp³-hybridized carbons (Fsp3) is 0.0400. The van der Waals surface area contributed by atoms with Crippen LogP contribution in [-0.2, 0) is 15.6 Å². The second kappa shape index (κ2) is 9.42. The van der Waals surface area contributed by atoms with Crippen LogP contribution in [0, 0.1) is 11.3 Å². The van der Waals surface area contributed by atoms with Crippen LogP contribution in [0.5, 0.6) is 5.75 Å². The van der Waals surface area contributed by atoms with E-state index in [9.17, 15) is 18.5 Å². The van der Waals surface area contributed by atoms with Crippen molar-refractivity contribution in [1.82, 2.24) is 19.7 Å². The first-order chi connectivity index (χ1) is 17.7. The SMILES string of the molecule is N#Cc1ccccc1-c1ccc(CS(=O)(=O)c2cc3nc(-n4cc(OC(=O)O)cn4)[nH]c3cc2Cl)cc1. The maximum atomic E-state index is 13.2. The van der Waals surface area contributed by atoms with E-state index >= 15 is 0 Å². The Balaban J connectivity index is 1.42. The number of aromatic nitrogens is 4. The van der Waals surface area contributed by atoms with Gasteiger partial charge in [-0.3, -0.25) is 0 Å². The van der Waals surface area contributed by atoms with Gasteiger partial charge in [-0.1, -0.05) is 54.1 Å². The number of nitriles is 1. The smallest absolute Gasteiger partial charge is 0.449 e. The minimum atomic E-state index is -3.84. The number of sulfone groups is 1. The van der Waals surface area contributed by atoms with Gasteiger partial charge in [0.1, 0.15) is 0 Å². The molecule has 184 valence electrons. The lowest BCUT2D eigenvalue weighted by atomic mass is 10.00. The van der Waals surface area contributed by atoms with Crippen LogP contribution in [0.3, 0.4) is 0 Å². The molecule has 2 heterocycles. The lowest BCUT2D eigenvalue weighted by Gasteiger charge is -2.09. The van der Waals surface area contributed by atoms with Crippen molar-refractivity contribution in [3.8, 4) is 28.9 Å². The Labute approximate surface area is 215 Å². The van der Waals surface area contributed by atoms with Gasteiger partial charge in [-0.05, 0) is 34.9 Å². The van der Waals surface area contributed by atoms with Gasteiger partial charge in [0, 0.05) is 0 Å². The summed E-state index contributed by atoms with van der Waals surface area (Å²) in [6.07, 6.45) is 1.03. The van der Waals surface area contributed by atoms with E-state index in [0.717, 1.165) is 11.1 Å². The first kappa shape index (κ1) is 24.1. The number of nitrogens with one attached hydrogen (secondary N) is 1. The van der Waals surface area contributed by atoms with Crippen molar-refractivity contribution < 1.29 is 23.1 Å². The van der Waals surface area contributed by atoms with E-state index in [1.807, 2.05) is 12.1 Å². The zero-order chi connectivity index (χ0) is 26.2. The largest absolute Gasteiger partial charge is 0.511 e. The topological polar surface area (TPSA) is 151 Å². The number of ether oxygens (including phenoxy) is 1. The van der Waals surface area contributed by atoms with Crippen molar-refractivity contribution in [2.45, 2.75) is 10.6 Å². The van der Waals surface area contributed by atoms with Crippen molar-refractivity contribution in [2.75, 3.05) is 0 Å². The van der Waals surface area contributed by atoms with E-state index in [-0.39, 0.29) is 27.4 Å². The standard InChI is InChI=1S/C25H16ClN5O5S/c26-20-9-21-22(30-24(29-21)31-13-18(12-28-31)36-25(32)33)10-23(20)37(34,35)14-15-5-7-16(8-6-15)19-4-2-1-3-17(19)11-27/h1-10,12-13H,14H2,(H,29,30)(H,32,33). The Bertz CT molecular complexity index is 1800. The zero-order valence-electron chi connectivity index (χ0n) is 18.8. The highest BCUT2D eigenvalue weighted by atomic mass is 35.5. The normalized spacial score (nSPS) is 11.4. The van der Waals surface area contributed by atoms with Gasteiger partial charge < -0.3 is 14.8 Å². The molecule has 12 heteroatoms. The molecule has 0 fully saturated rings. The molecule has 0 spiro atoms. The molecule has 3 aromatic carbocycles. The number of benzene rings is 3. The molecule has 0 aliphatic rings. The van der Waals surface area contributed by atoms with Gasteiger partial charge in [0.2, 0.25) is 5.95 Å². The molecule has 0 aliphatic heterocycles. The summed E-state index contributed by atoms with van der Waals surface area (Å²) in [5.41, 5.74) is 3.45. The average Bonchev–Trinajstić information content (AvgIpc) is 3.50. The van der Waals surface area contributed by atoms with Crippen LogP contribution in [-0.4, -0.2) is 39.4 Å². The molecular formula is C25H16ClN5O5S. The average molecular weight is 534 g/mol. The molecule has 10 nitrogen and oxygen atoms in total. The molecule has 0 atom stereocenters. The maximum Gasteiger partial charge on any atom is 0.511 e. The molecule has 0 saturated carbocycles. The zero-order valence-corrected chi connectivity index (χ0v) is 20.4. The molecule has 0 bridgehead atoms. The van der Waals surface area contributed by atoms with Crippen LogP contribution in [0.25, 0.3) is 28.1 Å². The van der Waals surface area contributed by atoms with E-state index in [0.29, 0.717) is 22.2 Å². The molecule has 2 aromatic heterocycles. The summed E-state index contributed by atoms with van der Waals surface area (Å²) in [5.74, 6) is -0.0736. The number of halogens is 1. The van der Waals surface area contributed by atoms with Crippen molar-refractivity contribution in [2.24, 2.45) is 0 Å². The summed E-state index contributed by atoms with van der Waals surface area (Å²) in [7, 11) is -3.84. The molecule has 0 saturated heterocycles. The summed E-state index contributed by atoms with van der Waals surface area (Å²) in [6.45, 7) is 0. The van der Waals surface area contributed by atoms with Gasteiger partial charge in [0.25, 0.3) is 0 Å². The van der Waals surface area contributed by atoms with E-state index < -0.39 is 16.0 Å². The summed E-state index contributed by atoms with van der Waals surface area (Å²) in [6, 6.07) is 19.1. The number of fused-ring (bicyclic) bond motifs is 1. The van der Waals surface area contributed by atoms with Gasteiger partial charge >= 0.3 is 6.16 Å². The van der Waals surface area contributed by atoms with Crippen molar-refractivity contribution >= 4 is 38.6 Å². The Morgan fingerprint density at radius 1 is 1.16 bits per heavy atom. The monoisotopic (exact) mass is 533 g/mol. The number of imidazole rings is 1. The first-order valence-corrected chi connectivity index (χ1v) is 12.7. The molecule has 37 heavy (non-hydrogen) atoms. The first-order valence-electron chi connectivity index (χ1n) is 10.7. The highest BCUT2D eigenvalue weighted by molar-refractivity contribution is 7.90. The molecule has 0 radical (unpaired) electrons. The Morgan fingerprint density at radius 3 is 2.65 bits per heavy atom. The van der Waals surface area contributed by atoms with Gasteiger partial charge in [-0.25, -0.2) is 22.9 Å². The second-order valence-corrected chi connectivity index (χ2v) is 10.3. The Hall–Kier alpha value is -4.66. The molecular weight excluding hydrogens is 518 g/mol. The molecule has 0 amide bonds. The van der Waals surface area contributed by atoms with E-state index in [1.54, 1.807) is 36.4 Å². The van der Waals surface area contributed by atoms with Crippen LogP contribution in [0.15, 0.2) is 78.0 Å². The van der Waals surface area contributed by atoms with Crippen LogP contribution < -0.4 is 4.74 Å². The molecule has 2 N–H and O–H groups in total. The van der Waals surface area contributed by atoms with Gasteiger partial charge in [0.05, 0.1) is 50.7 Å². The lowest BCUT2D eigenvalue weighted by molar-refractivity contribution is 0.144. The molecule has 0 unspecified atom stereocenters. The third-order valence-corrected chi connectivity index (χ3v) is 7.65. The van der Waals surface area contributed by atoms with Crippen molar-refractivity contribution in [3.05, 3.63) is 89.2 Å². The fourth-order valence-corrected chi connectivity index (χ4v) is 5.78. The highest BCUT2D eigenvalue weighted by Crippen LogP contribution is 2.30.